The quantitative estimate of drug-likeness (QED) is 0.227. The number of rotatable bonds is 0. The molecule has 0 aliphatic carbocycles. The van der Waals surface area contributed by atoms with Crippen molar-refractivity contribution >= 4 is 8.60 Å². The third kappa shape index (κ3) is 10.8. The van der Waals surface area contributed by atoms with Gasteiger partial charge in [-0.15, -0.1) is 0 Å². The van der Waals surface area contributed by atoms with Crippen molar-refractivity contribution in [1.82, 2.24) is 0 Å². The minimum absolute atomic E-state index is 0.0178. The van der Waals surface area contributed by atoms with Crippen LogP contribution in [-0.4, -0.2) is 24.9 Å². The molecule has 5 N–H and O–H groups in total. The summed E-state index contributed by atoms with van der Waals surface area (Å²) in [5, 5.41) is 20.2. The summed E-state index contributed by atoms with van der Waals surface area (Å²) in [6, 6.07) is 8.46. The average Bonchev–Trinajstić information content (AvgIpc) is 2.62. The van der Waals surface area contributed by atoms with Crippen molar-refractivity contribution in [2.75, 3.05) is 0 Å². The van der Waals surface area contributed by atoms with Gasteiger partial charge in [-0.25, -0.2) is 0 Å². The van der Waals surface area contributed by atoms with Gasteiger partial charge in [-0.05, 0) is 68.9 Å². The Morgan fingerprint density at radius 2 is 0.694 bits per heavy atom. The van der Waals surface area contributed by atoms with Gasteiger partial charge in [-0.1, -0.05) is 107 Å². The van der Waals surface area contributed by atoms with Crippen LogP contribution in [-0.2, 0) is 21.7 Å². The second kappa shape index (κ2) is 12.3. The van der Waals surface area contributed by atoms with E-state index in [4.69, 9.17) is 14.7 Å². The Morgan fingerprint density at radius 1 is 0.472 bits per heavy atom. The zero-order chi connectivity index (χ0) is 29.0. The molecule has 0 aromatic heterocycles. The first-order chi connectivity index (χ1) is 15.8. The Morgan fingerprint density at radius 3 is 0.861 bits per heavy atom. The van der Waals surface area contributed by atoms with Crippen molar-refractivity contribution in [2.24, 2.45) is 0 Å². The molecule has 2 aromatic carbocycles. The molecular weight excluding hydrogens is 471 g/mol. The SMILES string of the molecule is Cc1cc(C(C)(C)C)cc(C(C)(C)C)c1O.Cc1cc(C(C)(C)C)cc(C(C)(C)C)c1O.OP(O)O. The van der Waals surface area contributed by atoms with E-state index in [2.05, 4.69) is 107 Å². The maximum Gasteiger partial charge on any atom is 0.324 e. The van der Waals surface area contributed by atoms with Crippen molar-refractivity contribution in [3.8, 4) is 11.5 Å². The highest BCUT2D eigenvalue weighted by Crippen LogP contribution is 2.38. The fourth-order valence-corrected chi connectivity index (χ4v) is 3.57. The van der Waals surface area contributed by atoms with E-state index < -0.39 is 8.60 Å². The molecule has 0 radical (unpaired) electrons. The van der Waals surface area contributed by atoms with E-state index in [0.717, 1.165) is 22.3 Å². The van der Waals surface area contributed by atoms with Gasteiger partial charge in [0.15, 0.2) is 0 Å². The van der Waals surface area contributed by atoms with Crippen LogP contribution in [0.2, 0.25) is 0 Å². The van der Waals surface area contributed by atoms with Crippen LogP contribution >= 0.6 is 8.60 Å². The van der Waals surface area contributed by atoms with Gasteiger partial charge in [0, 0.05) is 0 Å². The van der Waals surface area contributed by atoms with Crippen LogP contribution in [0.25, 0.3) is 0 Å². The molecule has 0 fully saturated rings. The van der Waals surface area contributed by atoms with Crippen molar-refractivity contribution in [3.63, 3.8) is 0 Å². The highest BCUT2D eigenvalue weighted by atomic mass is 31.2. The lowest BCUT2D eigenvalue weighted by atomic mass is 9.79. The molecule has 6 heteroatoms. The Balaban J connectivity index is 0.000000593. The fourth-order valence-electron chi connectivity index (χ4n) is 3.57. The number of benzene rings is 2. The summed E-state index contributed by atoms with van der Waals surface area (Å²) in [6.07, 6.45) is 0. The zero-order valence-corrected chi connectivity index (χ0v) is 25.9. The Kier molecular flexibility index (Phi) is 11.7. The molecule has 0 saturated heterocycles. The lowest BCUT2D eigenvalue weighted by Gasteiger charge is -2.27. The van der Waals surface area contributed by atoms with Crippen LogP contribution < -0.4 is 0 Å². The maximum atomic E-state index is 10.1. The summed E-state index contributed by atoms with van der Waals surface area (Å²) in [4.78, 5) is 21.7. The van der Waals surface area contributed by atoms with E-state index in [-0.39, 0.29) is 21.7 Å². The molecule has 0 spiro atoms. The summed E-state index contributed by atoms with van der Waals surface area (Å²) in [5.41, 5.74) is 6.80. The summed E-state index contributed by atoms with van der Waals surface area (Å²) < 4.78 is 0. The lowest BCUT2D eigenvalue weighted by Crippen LogP contribution is -2.17. The molecule has 0 aliphatic rings. The van der Waals surface area contributed by atoms with Crippen molar-refractivity contribution in [1.29, 1.82) is 0 Å². The van der Waals surface area contributed by atoms with Crippen molar-refractivity contribution in [3.05, 3.63) is 57.6 Å². The highest BCUT2D eigenvalue weighted by molar-refractivity contribution is 7.38. The number of hydrogen-bond donors (Lipinski definition) is 5. The predicted molar refractivity (Wildman–Crippen MR) is 154 cm³/mol. The van der Waals surface area contributed by atoms with Gasteiger partial charge in [0.25, 0.3) is 0 Å². The van der Waals surface area contributed by atoms with Crippen LogP contribution in [0.3, 0.4) is 0 Å². The first-order valence-corrected chi connectivity index (χ1v) is 13.6. The van der Waals surface area contributed by atoms with Crippen LogP contribution in [0.4, 0.5) is 0 Å². The predicted octanol–water partition coefficient (Wildman–Crippen LogP) is 7.78. The number of phenols is 2. The first-order valence-electron chi connectivity index (χ1n) is 12.4. The average molecular weight is 523 g/mol. The van der Waals surface area contributed by atoms with Gasteiger partial charge < -0.3 is 24.9 Å². The second-order valence-electron chi connectivity index (χ2n) is 13.6. The summed E-state index contributed by atoms with van der Waals surface area (Å²) in [6.45, 7) is 29.9. The van der Waals surface area contributed by atoms with Gasteiger partial charge >= 0.3 is 8.60 Å². The number of aromatic hydroxyl groups is 2. The van der Waals surface area contributed by atoms with E-state index in [1.54, 1.807) is 0 Å². The Bertz CT molecular complexity index is 916. The fraction of sp³-hybridized carbons (Fsp3) is 0.600. The van der Waals surface area contributed by atoms with Gasteiger partial charge in [0.2, 0.25) is 0 Å². The van der Waals surface area contributed by atoms with Crippen LogP contribution in [0.15, 0.2) is 24.3 Å². The number of phenolic OH excluding ortho intramolecular Hbond substituents is 2. The minimum atomic E-state index is -2.62. The number of aryl methyl sites for hydroxylation is 2. The van der Waals surface area contributed by atoms with Crippen LogP contribution in [0.5, 0.6) is 11.5 Å². The molecule has 2 rings (SSSR count). The molecule has 0 unspecified atom stereocenters. The molecule has 206 valence electrons. The smallest absolute Gasteiger partial charge is 0.324 e. The molecule has 5 nitrogen and oxygen atoms in total. The third-order valence-electron chi connectivity index (χ3n) is 5.95. The van der Waals surface area contributed by atoms with E-state index in [0.29, 0.717) is 11.5 Å². The molecule has 36 heavy (non-hydrogen) atoms. The molecule has 0 aliphatic heterocycles. The minimum Gasteiger partial charge on any atom is -0.507 e. The zero-order valence-electron chi connectivity index (χ0n) is 25.0. The van der Waals surface area contributed by atoms with E-state index in [1.165, 1.54) is 11.1 Å². The van der Waals surface area contributed by atoms with E-state index in [1.807, 2.05) is 13.8 Å². The Hall–Kier alpha value is -1.65. The van der Waals surface area contributed by atoms with Crippen LogP contribution in [0, 0.1) is 13.8 Å². The molecule has 2 aromatic rings. The summed E-state index contributed by atoms with van der Waals surface area (Å²) in [7, 11) is -2.62. The van der Waals surface area contributed by atoms with Crippen molar-refractivity contribution in [2.45, 2.75) is 119 Å². The van der Waals surface area contributed by atoms with Gasteiger partial charge in [0.1, 0.15) is 11.5 Å². The topological polar surface area (TPSA) is 101 Å². The lowest BCUT2D eigenvalue weighted by molar-refractivity contribution is 0.368. The molecule has 0 bridgehead atoms. The van der Waals surface area contributed by atoms with Gasteiger partial charge in [-0.3, -0.25) is 0 Å². The standard InChI is InChI=1S/2C15H24O.H3O3P/c2*1-10-8-11(14(2,3)4)9-12(13(10)16)15(5,6)7;1-4(2)3/h2*8-9,16H,1-7H3;1-3H. The molecule has 0 amide bonds. The highest BCUT2D eigenvalue weighted by Gasteiger charge is 2.24. The second-order valence-corrected chi connectivity index (χ2v) is 14.2. The molecule has 0 atom stereocenters. The van der Waals surface area contributed by atoms with E-state index in [9.17, 15) is 10.2 Å². The largest absolute Gasteiger partial charge is 0.507 e. The first kappa shape index (κ1) is 34.4. The molecule has 0 saturated carbocycles. The molecule has 0 heterocycles. The Labute approximate surface area is 221 Å². The monoisotopic (exact) mass is 522 g/mol. The third-order valence-corrected chi connectivity index (χ3v) is 5.95. The van der Waals surface area contributed by atoms with Crippen LogP contribution in [0.1, 0.15) is 116 Å². The summed E-state index contributed by atoms with van der Waals surface area (Å²) >= 11 is 0. The maximum absolute atomic E-state index is 10.1. The van der Waals surface area contributed by atoms with Gasteiger partial charge in [0.05, 0.1) is 0 Å². The summed E-state index contributed by atoms with van der Waals surface area (Å²) in [5.74, 6) is 0.890. The number of hydrogen-bond acceptors (Lipinski definition) is 5. The normalized spacial score (nSPS) is 12.5. The van der Waals surface area contributed by atoms with Crippen molar-refractivity contribution < 1.29 is 24.9 Å². The van der Waals surface area contributed by atoms with Gasteiger partial charge in [-0.2, -0.15) is 0 Å². The molecular formula is C30H51O5P. The van der Waals surface area contributed by atoms with E-state index >= 15 is 0 Å².